The van der Waals surface area contributed by atoms with E-state index in [1.54, 1.807) is 31.9 Å². The van der Waals surface area contributed by atoms with Crippen molar-refractivity contribution in [1.82, 2.24) is 9.55 Å². The molecule has 1 aliphatic carbocycles. The number of thiophene rings is 2. The van der Waals surface area contributed by atoms with Gasteiger partial charge in [0.1, 0.15) is 40.7 Å². The first-order valence-electron chi connectivity index (χ1n) is 8.26. The quantitative estimate of drug-likeness (QED) is 0.627. The summed E-state index contributed by atoms with van der Waals surface area (Å²) < 4.78 is 18.8. The van der Waals surface area contributed by atoms with E-state index in [1.165, 1.54) is 11.3 Å². The largest absolute Gasteiger partial charge is 0.498 e. The maximum Gasteiger partial charge on any atom is 0.150 e. The number of hydrogen-bond acceptors (Lipinski definition) is 7. The molecule has 3 aromatic rings. The zero-order valence-electron chi connectivity index (χ0n) is 14.8. The minimum Gasteiger partial charge on any atom is -0.498 e. The van der Waals surface area contributed by atoms with Crippen LogP contribution in [0.3, 0.4) is 0 Å². The Balaban J connectivity index is 1.65. The highest BCUT2D eigenvalue weighted by Gasteiger charge is 2.27. The third kappa shape index (κ3) is 3.37. The van der Waals surface area contributed by atoms with Crippen molar-refractivity contribution >= 4 is 28.7 Å². The van der Waals surface area contributed by atoms with Crippen LogP contribution in [-0.2, 0) is 22.5 Å². The van der Waals surface area contributed by atoms with E-state index in [4.69, 9.17) is 14.2 Å². The lowest BCUT2D eigenvalue weighted by Gasteiger charge is -2.22. The highest BCUT2D eigenvalue weighted by Crippen LogP contribution is 2.35. The summed E-state index contributed by atoms with van der Waals surface area (Å²) >= 11 is 3.01. The molecule has 0 aromatic carbocycles. The normalized spacial score (nSPS) is 15.7. The number of ether oxygens (including phenoxy) is 3. The van der Waals surface area contributed by atoms with Gasteiger partial charge in [-0.2, -0.15) is 16.6 Å². The van der Waals surface area contributed by atoms with Crippen LogP contribution in [0.4, 0.5) is 0 Å². The zero-order valence-corrected chi connectivity index (χ0v) is 16.5. The van der Waals surface area contributed by atoms with Gasteiger partial charge >= 0.3 is 0 Å². The number of nitrogens with zero attached hydrogens (tertiary/aromatic N) is 3. The zero-order chi connectivity index (χ0) is 18.8. The smallest absolute Gasteiger partial charge is 0.150 e. The molecular formula is C19H17N3O3S2. The van der Waals surface area contributed by atoms with Crippen LogP contribution in [-0.4, -0.2) is 29.9 Å². The summed E-state index contributed by atoms with van der Waals surface area (Å²) in [4.78, 5) is 5.04. The molecule has 6 nitrogen and oxygen atoms in total. The molecule has 0 amide bonds. The van der Waals surface area contributed by atoms with Crippen LogP contribution < -0.4 is 4.74 Å². The summed E-state index contributed by atoms with van der Waals surface area (Å²) in [6.07, 6.45) is 4.16. The SMILES string of the molecule is COC1=Cc2ncn(-c3cc(OCc4ccsc4)c(C#N)s3)c2CC1OC. The van der Waals surface area contributed by atoms with E-state index >= 15 is 0 Å². The van der Waals surface area contributed by atoms with Crippen LogP contribution in [0.15, 0.2) is 35.0 Å². The van der Waals surface area contributed by atoms with E-state index in [1.807, 2.05) is 33.5 Å². The molecule has 8 heteroatoms. The molecule has 3 aromatic heterocycles. The van der Waals surface area contributed by atoms with Crippen LogP contribution >= 0.6 is 22.7 Å². The number of imidazole rings is 1. The Morgan fingerprint density at radius 1 is 1.41 bits per heavy atom. The highest BCUT2D eigenvalue weighted by molar-refractivity contribution is 7.15. The second-order valence-electron chi connectivity index (χ2n) is 5.94. The highest BCUT2D eigenvalue weighted by atomic mass is 32.1. The van der Waals surface area contributed by atoms with Crippen LogP contribution in [0.1, 0.15) is 21.8 Å². The Labute approximate surface area is 164 Å². The molecule has 1 aliphatic rings. The van der Waals surface area contributed by atoms with Crippen molar-refractivity contribution in [2.45, 2.75) is 19.1 Å². The van der Waals surface area contributed by atoms with Crippen LogP contribution in [0.25, 0.3) is 11.1 Å². The van der Waals surface area contributed by atoms with E-state index in [0.717, 1.165) is 27.7 Å². The monoisotopic (exact) mass is 399 g/mol. The van der Waals surface area contributed by atoms with Crippen molar-refractivity contribution in [3.05, 3.63) is 56.8 Å². The van der Waals surface area contributed by atoms with Gasteiger partial charge in [-0.15, -0.1) is 11.3 Å². The molecule has 1 unspecified atom stereocenters. The molecule has 0 bridgehead atoms. The van der Waals surface area contributed by atoms with E-state index in [0.29, 0.717) is 23.7 Å². The molecule has 0 aliphatic heterocycles. The number of methoxy groups -OCH3 is 2. The predicted octanol–water partition coefficient (Wildman–Crippen LogP) is 4.00. The van der Waals surface area contributed by atoms with Gasteiger partial charge in [0.15, 0.2) is 5.75 Å². The standard InChI is InChI=1S/C19H17N3O3S2/c1-23-15-5-13-14(6-16(15)24-2)22(11-21-13)19-7-17(18(8-20)27-19)25-9-12-3-4-26-10-12/h3-5,7,10-11,16H,6,9H2,1-2H3. The van der Waals surface area contributed by atoms with Gasteiger partial charge in [-0.1, -0.05) is 0 Å². The lowest BCUT2D eigenvalue weighted by Crippen LogP contribution is -2.23. The summed E-state index contributed by atoms with van der Waals surface area (Å²) in [6.45, 7) is 0.447. The lowest BCUT2D eigenvalue weighted by atomic mass is 10.0. The van der Waals surface area contributed by atoms with Gasteiger partial charge in [0.25, 0.3) is 0 Å². The van der Waals surface area contributed by atoms with Crippen LogP contribution in [0.2, 0.25) is 0 Å². The molecule has 3 heterocycles. The topological polar surface area (TPSA) is 69.3 Å². The minimum atomic E-state index is -0.150. The molecule has 1 atom stereocenters. The van der Waals surface area contributed by atoms with Gasteiger partial charge in [0.05, 0.1) is 18.5 Å². The fraction of sp³-hybridized carbons (Fsp3) is 0.263. The first-order valence-corrected chi connectivity index (χ1v) is 10.0. The fourth-order valence-corrected chi connectivity index (χ4v) is 4.54. The van der Waals surface area contributed by atoms with Crippen LogP contribution in [0.5, 0.6) is 5.75 Å². The Hall–Kier alpha value is -2.60. The predicted molar refractivity (Wildman–Crippen MR) is 104 cm³/mol. The van der Waals surface area contributed by atoms with Crippen molar-refractivity contribution < 1.29 is 14.2 Å². The molecule has 138 valence electrons. The molecular weight excluding hydrogens is 382 g/mol. The summed E-state index contributed by atoms with van der Waals surface area (Å²) in [7, 11) is 3.30. The van der Waals surface area contributed by atoms with E-state index in [2.05, 4.69) is 11.1 Å². The maximum absolute atomic E-state index is 9.48. The number of rotatable bonds is 6. The molecule has 27 heavy (non-hydrogen) atoms. The van der Waals surface area contributed by atoms with Gasteiger partial charge in [-0.05, 0) is 22.4 Å². The average Bonchev–Trinajstić information content (AvgIpc) is 3.43. The number of hydrogen-bond donors (Lipinski definition) is 0. The maximum atomic E-state index is 9.48. The van der Waals surface area contributed by atoms with E-state index < -0.39 is 0 Å². The molecule has 0 fully saturated rings. The molecule has 0 radical (unpaired) electrons. The summed E-state index contributed by atoms with van der Waals surface area (Å²) in [5, 5.41) is 14.4. The summed E-state index contributed by atoms with van der Waals surface area (Å²) in [5.74, 6) is 1.36. The molecule has 0 N–H and O–H groups in total. The van der Waals surface area contributed by atoms with Crippen molar-refractivity contribution in [3.63, 3.8) is 0 Å². The Morgan fingerprint density at radius 2 is 2.30 bits per heavy atom. The van der Waals surface area contributed by atoms with Crippen LogP contribution in [0, 0.1) is 11.3 Å². The second kappa shape index (κ2) is 7.56. The first-order chi connectivity index (χ1) is 13.2. The molecule has 0 spiro atoms. The van der Waals surface area contributed by atoms with Gasteiger partial charge in [-0.3, -0.25) is 4.57 Å². The Kier molecular flexibility index (Phi) is 4.99. The van der Waals surface area contributed by atoms with Crippen molar-refractivity contribution in [1.29, 1.82) is 5.26 Å². The van der Waals surface area contributed by atoms with Crippen molar-refractivity contribution in [2.24, 2.45) is 0 Å². The first kappa shape index (κ1) is 17.8. The Bertz CT molecular complexity index is 1010. The van der Waals surface area contributed by atoms with Gasteiger partial charge in [-0.25, -0.2) is 4.98 Å². The van der Waals surface area contributed by atoms with Gasteiger partial charge in [0.2, 0.25) is 0 Å². The van der Waals surface area contributed by atoms with Gasteiger partial charge in [0, 0.05) is 25.7 Å². The number of nitriles is 1. The van der Waals surface area contributed by atoms with E-state index in [9.17, 15) is 5.26 Å². The summed E-state index contributed by atoms with van der Waals surface area (Å²) in [6, 6.07) is 6.14. The fourth-order valence-electron chi connectivity index (χ4n) is 3.00. The van der Waals surface area contributed by atoms with E-state index in [-0.39, 0.29) is 6.10 Å². The number of aromatic nitrogens is 2. The third-order valence-corrected chi connectivity index (χ3v) is 6.14. The summed E-state index contributed by atoms with van der Waals surface area (Å²) in [5.41, 5.74) is 2.97. The molecule has 4 rings (SSSR count). The molecule has 0 saturated carbocycles. The average molecular weight is 399 g/mol. The lowest BCUT2D eigenvalue weighted by molar-refractivity contribution is 0.0784. The molecule has 0 saturated heterocycles. The minimum absolute atomic E-state index is 0.150. The van der Waals surface area contributed by atoms with Crippen molar-refractivity contribution in [3.8, 4) is 16.8 Å². The van der Waals surface area contributed by atoms with Gasteiger partial charge < -0.3 is 14.2 Å². The number of fused-ring (bicyclic) bond motifs is 1. The second-order valence-corrected chi connectivity index (χ2v) is 7.75. The van der Waals surface area contributed by atoms with Crippen molar-refractivity contribution in [2.75, 3.05) is 14.2 Å². The Morgan fingerprint density at radius 3 is 3.00 bits per heavy atom. The third-order valence-electron chi connectivity index (χ3n) is 4.39.